The van der Waals surface area contributed by atoms with E-state index >= 15 is 0 Å². The van der Waals surface area contributed by atoms with Crippen LogP contribution in [0.3, 0.4) is 0 Å². The SMILES string of the molecule is COc1ccc2c(c1O)[C@@]13C=C(C=O)CC[C@H]1[C@@H](C2)N(C)CC3. The molecule has 122 valence electrons. The molecule has 4 rings (SSSR count). The summed E-state index contributed by atoms with van der Waals surface area (Å²) in [6.07, 6.45) is 6.90. The van der Waals surface area contributed by atoms with Crippen LogP contribution in [-0.4, -0.2) is 43.0 Å². The molecule has 0 aromatic heterocycles. The predicted molar refractivity (Wildman–Crippen MR) is 87.9 cm³/mol. The second kappa shape index (κ2) is 5.10. The largest absolute Gasteiger partial charge is 0.504 e. The zero-order chi connectivity index (χ0) is 16.2. The molecule has 1 N–H and O–H groups in total. The number of likely N-dealkylation sites (tertiary alicyclic amines) is 1. The molecule has 0 saturated carbocycles. The highest BCUT2D eigenvalue weighted by molar-refractivity contribution is 5.75. The number of benzene rings is 1. The molecule has 2 aliphatic carbocycles. The molecule has 0 spiro atoms. The zero-order valence-corrected chi connectivity index (χ0v) is 13.7. The number of ether oxygens (including phenoxy) is 1. The molecule has 1 heterocycles. The molecular formula is C19H23NO3. The van der Waals surface area contributed by atoms with Gasteiger partial charge in [0.05, 0.1) is 7.11 Å². The summed E-state index contributed by atoms with van der Waals surface area (Å²) in [7, 11) is 3.78. The van der Waals surface area contributed by atoms with E-state index in [0.29, 0.717) is 17.7 Å². The summed E-state index contributed by atoms with van der Waals surface area (Å²) >= 11 is 0. The normalized spacial score (nSPS) is 32.5. The van der Waals surface area contributed by atoms with Crippen LogP contribution in [0.5, 0.6) is 11.5 Å². The molecule has 1 aromatic rings. The molecule has 4 nitrogen and oxygen atoms in total. The summed E-state index contributed by atoms with van der Waals surface area (Å²) in [6, 6.07) is 4.42. The first kappa shape index (κ1) is 14.8. The first-order valence-electron chi connectivity index (χ1n) is 8.37. The molecule has 4 heteroatoms. The van der Waals surface area contributed by atoms with Crippen molar-refractivity contribution in [2.75, 3.05) is 20.7 Å². The number of piperidine rings is 1. The Balaban J connectivity index is 1.99. The lowest BCUT2D eigenvalue weighted by molar-refractivity contribution is -0.105. The lowest BCUT2D eigenvalue weighted by atomic mass is 9.53. The number of methoxy groups -OCH3 is 1. The maximum absolute atomic E-state index is 11.4. The van der Waals surface area contributed by atoms with Crippen molar-refractivity contribution in [3.05, 3.63) is 34.9 Å². The summed E-state index contributed by atoms with van der Waals surface area (Å²) in [5.41, 5.74) is 2.85. The van der Waals surface area contributed by atoms with Crippen LogP contribution in [0, 0.1) is 5.92 Å². The van der Waals surface area contributed by atoms with E-state index in [0.717, 1.165) is 49.7 Å². The summed E-state index contributed by atoms with van der Waals surface area (Å²) in [6.45, 7) is 0.986. The number of hydrogen-bond acceptors (Lipinski definition) is 4. The van der Waals surface area contributed by atoms with Crippen molar-refractivity contribution in [3.8, 4) is 11.5 Å². The quantitative estimate of drug-likeness (QED) is 0.852. The average Bonchev–Trinajstić information content (AvgIpc) is 2.57. The highest BCUT2D eigenvalue weighted by atomic mass is 16.5. The molecule has 1 fully saturated rings. The zero-order valence-electron chi connectivity index (χ0n) is 13.7. The van der Waals surface area contributed by atoms with Crippen molar-refractivity contribution in [1.29, 1.82) is 0 Å². The molecule has 0 radical (unpaired) electrons. The number of likely N-dealkylation sites (N-methyl/N-ethyl adjacent to an activating group) is 1. The van der Waals surface area contributed by atoms with Gasteiger partial charge in [-0.3, -0.25) is 4.79 Å². The summed E-state index contributed by atoms with van der Waals surface area (Å²) < 4.78 is 5.35. The Morgan fingerprint density at radius 1 is 1.43 bits per heavy atom. The van der Waals surface area contributed by atoms with Gasteiger partial charge in [0, 0.05) is 17.0 Å². The molecule has 0 unspecified atom stereocenters. The van der Waals surface area contributed by atoms with E-state index in [-0.39, 0.29) is 11.2 Å². The number of phenols is 1. The number of phenolic OH excluding ortho intramolecular Hbond substituents is 1. The van der Waals surface area contributed by atoms with Gasteiger partial charge in [0.15, 0.2) is 11.5 Å². The number of nitrogens with zero attached hydrogens (tertiary/aromatic N) is 1. The molecule has 1 aromatic carbocycles. The molecule has 1 aliphatic heterocycles. The van der Waals surface area contributed by atoms with Crippen LogP contribution in [0.4, 0.5) is 0 Å². The maximum Gasteiger partial charge on any atom is 0.162 e. The highest BCUT2D eigenvalue weighted by Gasteiger charge is 2.54. The second-order valence-electron chi connectivity index (χ2n) is 7.18. The van der Waals surface area contributed by atoms with Gasteiger partial charge < -0.3 is 14.7 Å². The van der Waals surface area contributed by atoms with Crippen molar-refractivity contribution in [2.24, 2.45) is 5.92 Å². The first-order valence-corrected chi connectivity index (χ1v) is 8.37. The topological polar surface area (TPSA) is 49.8 Å². The molecule has 3 aliphatic rings. The number of fused-ring (bicyclic) bond motifs is 1. The van der Waals surface area contributed by atoms with Gasteiger partial charge in [0.1, 0.15) is 6.29 Å². The Kier molecular flexibility index (Phi) is 3.27. The Hall–Kier alpha value is -1.81. The van der Waals surface area contributed by atoms with Crippen molar-refractivity contribution < 1.29 is 14.6 Å². The maximum atomic E-state index is 11.4. The minimum absolute atomic E-state index is 0.224. The van der Waals surface area contributed by atoms with Crippen LogP contribution in [0.15, 0.2) is 23.8 Å². The van der Waals surface area contributed by atoms with E-state index in [4.69, 9.17) is 4.74 Å². The van der Waals surface area contributed by atoms with E-state index in [1.54, 1.807) is 7.11 Å². The Morgan fingerprint density at radius 2 is 2.26 bits per heavy atom. The molecule has 23 heavy (non-hydrogen) atoms. The number of rotatable bonds is 2. The lowest BCUT2D eigenvalue weighted by Gasteiger charge is -2.57. The molecule has 2 bridgehead atoms. The summed E-state index contributed by atoms with van der Waals surface area (Å²) in [5, 5.41) is 10.8. The predicted octanol–water partition coefficient (Wildman–Crippen LogP) is 2.43. The number of carbonyl (C=O) groups excluding carboxylic acids is 1. The third-order valence-corrected chi connectivity index (χ3v) is 6.25. The van der Waals surface area contributed by atoms with Crippen molar-refractivity contribution >= 4 is 6.29 Å². The summed E-state index contributed by atoms with van der Waals surface area (Å²) in [5.74, 6) is 1.25. The monoisotopic (exact) mass is 313 g/mol. The van der Waals surface area contributed by atoms with E-state index < -0.39 is 0 Å². The molecule has 0 amide bonds. The fourth-order valence-electron chi connectivity index (χ4n) is 5.18. The fourth-order valence-corrected chi connectivity index (χ4v) is 5.18. The summed E-state index contributed by atoms with van der Waals surface area (Å²) in [4.78, 5) is 13.9. The smallest absolute Gasteiger partial charge is 0.162 e. The van der Waals surface area contributed by atoms with Gasteiger partial charge in [-0.25, -0.2) is 0 Å². The van der Waals surface area contributed by atoms with Crippen LogP contribution in [0.2, 0.25) is 0 Å². The van der Waals surface area contributed by atoms with Crippen LogP contribution in [0.1, 0.15) is 30.4 Å². The van der Waals surface area contributed by atoms with E-state index in [2.05, 4.69) is 24.1 Å². The minimum Gasteiger partial charge on any atom is -0.504 e. The van der Waals surface area contributed by atoms with Gasteiger partial charge in [0.2, 0.25) is 0 Å². The third-order valence-electron chi connectivity index (χ3n) is 6.25. The van der Waals surface area contributed by atoms with Crippen molar-refractivity contribution in [2.45, 2.75) is 37.1 Å². The number of carbonyl (C=O) groups is 1. The number of allylic oxidation sites excluding steroid dienone is 2. The number of hydrogen-bond donors (Lipinski definition) is 1. The van der Waals surface area contributed by atoms with E-state index in [1.807, 2.05) is 6.07 Å². The fraction of sp³-hybridized carbons (Fsp3) is 0.526. The average molecular weight is 313 g/mol. The Labute approximate surface area is 136 Å². The van der Waals surface area contributed by atoms with Crippen LogP contribution < -0.4 is 4.74 Å². The molecular weight excluding hydrogens is 290 g/mol. The van der Waals surface area contributed by atoms with Gasteiger partial charge in [-0.15, -0.1) is 0 Å². The Bertz CT molecular complexity index is 696. The van der Waals surface area contributed by atoms with E-state index in [9.17, 15) is 9.90 Å². The lowest BCUT2D eigenvalue weighted by Crippen LogP contribution is -2.59. The van der Waals surface area contributed by atoms with E-state index in [1.165, 1.54) is 5.56 Å². The van der Waals surface area contributed by atoms with Gasteiger partial charge in [-0.1, -0.05) is 12.1 Å². The van der Waals surface area contributed by atoms with Gasteiger partial charge in [0.25, 0.3) is 0 Å². The number of aldehydes is 1. The van der Waals surface area contributed by atoms with Crippen LogP contribution in [0.25, 0.3) is 0 Å². The van der Waals surface area contributed by atoms with Crippen LogP contribution >= 0.6 is 0 Å². The third kappa shape index (κ3) is 1.91. The highest BCUT2D eigenvalue weighted by Crippen LogP contribution is 2.57. The van der Waals surface area contributed by atoms with Crippen molar-refractivity contribution in [1.82, 2.24) is 4.90 Å². The first-order chi connectivity index (χ1) is 11.1. The van der Waals surface area contributed by atoms with Crippen molar-refractivity contribution in [3.63, 3.8) is 0 Å². The standard InChI is InChI=1S/C19H23NO3/c1-20-8-7-19-10-12(11-21)3-5-14(19)15(20)9-13-4-6-16(23-2)18(22)17(13)19/h4,6,10-11,14-15,22H,3,5,7-9H2,1-2H3/t14-,15+,19-/m0/s1. The van der Waals surface area contributed by atoms with Gasteiger partial charge in [-0.05, 0) is 62.4 Å². The second-order valence-corrected chi connectivity index (χ2v) is 7.18. The molecule has 3 atom stereocenters. The Morgan fingerprint density at radius 3 is 3.00 bits per heavy atom. The minimum atomic E-state index is -0.224. The van der Waals surface area contributed by atoms with Crippen LogP contribution in [-0.2, 0) is 16.6 Å². The van der Waals surface area contributed by atoms with Gasteiger partial charge in [-0.2, -0.15) is 0 Å². The number of aromatic hydroxyl groups is 1. The molecule has 1 saturated heterocycles. The van der Waals surface area contributed by atoms with Gasteiger partial charge >= 0.3 is 0 Å².